The first-order chi connectivity index (χ1) is 10.6. The van der Waals surface area contributed by atoms with Crippen LogP contribution in [0.5, 0.6) is 0 Å². The lowest BCUT2D eigenvalue weighted by Crippen LogP contribution is -2.15. The third kappa shape index (κ3) is 3.17. The highest BCUT2D eigenvalue weighted by atomic mass is 32.1. The van der Waals surface area contributed by atoms with Gasteiger partial charge in [-0.05, 0) is 31.0 Å². The van der Waals surface area contributed by atoms with Gasteiger partial charge >= 0.3 is 0 Å². The number of aromatic nitrogens is 5. The highest BCUT2D eigenvalue weighted by Crippen LogP contribution is 2.26. The third-order valence-electron chi connectivity index (χ3n) is 3.26. The number of carbonyl (C=O) groups is 1. The van der Waals surface area contributed by atoms with Gasteiger partial charge in [0, 0.05) is 10.9 Å². The average Bonchev–Trinajstić information content (AvgIpc) is 3.13. The summed E-state index contributed by atoms with van der Waals surface area (Å²) < 4.78 is 0. The maximum absolute atomic E-state index is 11.9. The average molecular weight is 314 g/mol. The minimum atomic E-state index is -0.220. The van der Waals surface area contributed by atoms with Crippen molar-refractivity contribution in [3.63, 3.8) is 0 Å². The van der Waals surface area contributed by atoms with Crippen LogP contribution in [0.4, 0.5) is 5.13 Å². The molecule has 7 nitrogen and oxygen atoms in total. The number of rotatable bonds is 4. The Hall–Kier alpha value is -2.61. The molecule has 1 aromatic carbocycles. The van der Waals surface area contributed by atoms with Crippen molar-refractivity contribution >= 4 is 22.4 Å². The van der Waals surface area contributed by atoms with E-state index in [-0.39, 0.29) is 12.3 Å². The standard InChI is InChI=1S/C14H14N6OS/c1-8-3-4-10(5-9(8)2)11-7-22-14(15-11)16-13(21)6-12-17-19-20-18-12/h3-5,7H,6H2,1-2H3,(H,15,16,21)(H,17,18,19,20). The number of carbonyl (C=O) groups excluding carboxylic acids is 1. The molecule has 0 fully saturated rings. The van der Waals surface area contributed by atoms with Crippen molar-refractivity contribution in [2.45, 2.75) is 20.3 Å². The van der Waals surface area contributed by atoms with Crippen LogP contribution in [0.3, 0.4) is 0 Å². The summed E-state index contributed by atoms with van der Waals surface area (Å²) in [4.78, 5) is 16.3. The van der Waals surface area contributed by atoms with E-state index in [9.17, 15) is 4.79 Å². The van der Waals surface area contributed by atoms with Crippen LogP contribution in [0.2, 0.25) is 0 Å². The Morgan fingerprint density at radius 1 is 1.32 bits per heavy atom. The van der Waals surface area contributed by atoms with Crippen LogP contribution in [0, 0.1) is 13.8 Å². The Balaban J connectivity index is 1.70. The fraction of sp³-hybridized carbons (Fsp3) is 0.214. The number of tetrazole rings is 1. The molecule has 0 aliphatic carbocycles. The van der Waals surface area contributed by atoms with E-state index >= 15 is 0 Å². The number of amides is 1. The fourth-order valence-corrected chi connectivity index (χ4v) is 2.66. The molecule has 3 rings (SSSR count). The summed E-state index contributed by atoms with van der Waals surface area (Å²) in [6.45, 7) is 4.14. The predicted molar refractivity (Wildman–Crippen MR) is 83.5 cm³/mol. The Morgan fingerprint density at radius 2 is 2.18 bits per heavy atom. The second kappa shape index (κ2) is 6.02. The van der Waals surface area contributed by atoms with Gasteiger partial charge in [0.1, 0.15) is 0 Å². The molecule has 22 heavy (non-hydrogen) atoms. The van der Waals surface area contributed by atoms with Crippen LogP contribution in [0.25, 0.3) is 11.3 Å². The molecule has 1 amide bonds. The van der Waals surface area contributed by atoms with Crippen molar-refractivity contribution in [3.05, 3.63) is 40.5 Å². The number of thiazole rings is 1. The number of benzene rings is 1. The van der Waals surface area contributed by atoms with E-state index in [1.807, 2.05) is 11.4 Å². The molecule has 2 aromatic heterocycles. The first kappa shape index (κ1) is 14.3. The minimum absolute atomic E-state index is 0.0645. The first-order valence-electron chi connectivity index (χ1n) is 6.67. The molecule has 8 heteroatoms. The second-order valence-electron chi connectivity index (χ2n) is 4.89. The summed E-state index contributed by atoms with van der Waals surface area (Å²) in [6, 6.07) is 6.19. The van der Waals surface area contributed by atoms with Crippen LogP contribution in [0.15, 0.2) is 23.6 Å². The molecule has 0 aliphatic heterocycles. The molecule has 0 bridgehead atoms. The van der Waals surface area contributed by atoms with E-state index in [4.69, 9.17) is 0 Å². The van der Waals surface area contributed by atoms with Gasteiger partial charge in [-0.15, -0.1) is 21.5 Å². The molecule has 2 heterocycles. The molecule has 0 saturated carbocycles. The number of hydrogen-bond donors (Lipinski definition) is 2. The summed E-state index contributed by atoms with van der Waals surface area (Å²) in [5.41, 5.74) is 4.35. The molecule has 112 valence electrons. The lowest BCUT2D eigenvalue weighted by molar-refractivity contribution is -0.115. The van der Waals surface area contributed by atoms with Crippen molar-refractivity contribution in [2.24, 2.45) is 0 Å². The van der Waals surface area contributed by atoms with Gasteiger partial charge in [-0.3, -0.25) is 4.79 Å². The van der Waals surface area contributed by atoms with Crippen LogP contribution >= 0.6 is 11.3 Å². The first-order valence-corrected chi connectivity index (χ1v) is 7.55. The maximum atomic E-state index is 11.9. The quantitative estimate of drug-likeness (QED) is 0.769. The van der Waals surface area contributed by atoms with E-state index in [2.05, 4.69) is 56.9 Å². The molecule has 3 aromatic rings. The molecule has 2 N–H and O–H groups in total. The van der Waals surface area contributed by atoms with E-state index < -0.39 is 0 Å². The highest BCUT2D eigenvalue weighted by molar-refractivity contribution is 7.14. The predicted octanol–water partition coefficient (Wildman–Crippen LogP) is 2.12. The number of nitrogens with one attached hydrogen (secondary N) is 2. The topological polar surface area (TPSA) is 96.5 Å². The summed E-state index contributed by atoms with van der Waals surface area (Å²) in [6.07, 6.45) is 0.0645. The van der Waals surface area contributed by atoms with Crippen LogP contribution in [0.1, 0.15) is 17.0 Å². The lowest BCUT2D eigenvalue weighted by atomic mass is 10.1. The van der Waals surface area contributed by atoms with Gasteiger partial charge in [0.25, 0.3) is 0 Å². The SMILES string of the molecule is Cc1ccc(-c2csc(NC(=O)Cc3nn[nH]n3)n2)cc1C. The van der Waals surface area contributed by atoms with Crippen molar-refractivity contribution < 1.29 is 4.79 Å². The molecule has 0 saturated heterocycles. The molecule has 0 aliphatic rings. The summed E-state index contributed by atoms with van der Waals surface area (Å²) in [5, 5.41) is 18.4. The molecule has 0 spiro atoms. The van der Waals surface area contributed by atoms with Crippen molar-refractivity contribution in [2.75, 3.05) is 5.32 Å². The summed E-state index contributed by atoms with van der Waals surface area (Å²) >= 11 is 1.39. The zero-order valence-corrected chi connectivity index (χ0v) is 12.9. The zero-order chi connectivity index (χ0) is 15.5. The lowest BCUT2D eigenvalue weighted by Gasteiger charge is -2.02. The third-order valence-corrected chi connectivity index (χ3v) is 4.02. The summed E-state index contributed by atoms with van der Waals surface area (Å²) in [7, 11) is 0. The number of anilines is 1. The molecule has 0 radical (unpaired) electrons. The summed E-state index contributed by atoms with van der Waals surface area (Å²) in [5.74, 6) is 0.130. The molecular formula is C14H14N6OS. The molecule has 0 atom stereocenters. The largest absolute Gasteiger partial charge is 0.302 e. The van der Waals surface area contributed by atoms with Gasteiger partial charge in [-0.25, -0.2) is 4.98 Å². The number of aryl methyl sites for hydroxylation is 2. The minimum Gasteiger partial charge on any atom is -0.302 e. The van der Waals surface area contributed by atoms with Gasteiger partial charge in [0.15, 0.2) is 11.0 Å². The Bertz CT molecular complexity index is 796. The van der Waals surface area contributed by atoms with E-state index in [1.54, 1.807) is 0 Å². The second-order valence-corrected chi connectivity index (χ2v) is 5.75. The Kier molecular flexibility index (Phi) is 3.92. The van der Waals surface area contributed by atoms with Crippen LogP contribution < -0.4 is 5.32 Å². The normalized spacial score (nSPS) is 10.6. The van der Waals surface area contributed by atoms with Crippen molar-refractivity contribution in [1.29, 1.82) is 0 Å². The van der Waals surface area contributed by atoms with Gasteiger partial charge < -0.3 is 5.32 Å². The number of hydrogen-bond acceptors (Lipinski definition) is 6. The van der Waals surface area contributed by atoms with Crippen LogP contribution in [-0.4, -0.2) is 31.5 Å². The van der Waals surface area contributed by atoms with E-state index in [1.165, 1.54) is 22.5 Å². The van der Waals surface area contributed by atoms with Gasteiger partial charge in [0.2, 0.25) is 5.91 Å². The van der Waals surface area contributed by atoms with E-state index in [0.29, 0.717) is 11.0 Å². The van der Waals surface area contributed by atoms with Gasteiger partial charge in [-0.2, -0.15) is 5.21 Å². The van der Waals surface area contributed by atoms with Crippen molar-refractivity contribution in [3.8, 4) is 11.3 Å². The number of aromatic amines is 1. The smallest absolute Gasteiger partial charge is 0.233 e. The Morgan fingerprint density at radius 3 is 2.91 bits per heavy atom. The van der Waals surface area contributed by atoms with Crippen LogP contribution in [-0.2, 0) is 11.2 Å². The fourth-order valence-electron chi connectivity index (χ4n) is 1.93. The molecule has 0 unspecified atom stereocenters. The Labute approximate surface area is 130 Å². The monoisotopic (exact) mass is 314 g/mol. The highest BCUT2D eigenvalue weighted by Gasteiger charge is 2.11. The van der Waals surface area contributed by atoms with Gasteiger partial charge in [-0.1, -0.05) is 17.3 Å². The number of H-pyrrole nitrogens is 1. The van der Waals surface area contributed by atoms with E-state index in [0.717, 1.165) is 11.3 Å². The zero-order valence-electron chi connectivity index (χ0n) is 12.1. The van der Waals surface area contributed by atoms with Crippen molar-refractivity contribution in [1.82, 2.24) is 25.6 Å². The van der Waals surface area contributed by atoms with Gasteiger partial charge in [0.05, 0.1) is 12.1 Å². The number of nitrogens with zero attached hydrogens (tertiary/aromatic N) is 4. The maximum Gasteiger partial charge on any atom is 0.233 e. The molecular weight excluding hydrogens is 300 g/mol.